The lowest BCUT2D eigenvalue weighted by molar-refractivity contribution is -0.143. The number of carbonyl (C=O) groups is 1. The van der Waals surface area contributed by atoms with Gasteiger partial charge in [0.2, 0.25) is 0 Å². The SMILES string of the molecule is CCC(CC)N(C)C(=O)C1CCC(CN)O1. The number of amides is 1. The lowest BCUT2D eigenvalue weighted by atomic mass is 10.1. The normalized spacial score (nSPS) is 25.1. The van der Waals surface area contributed by atoms with Gasteiger partial charge in [-0.05, 0) is 25.7 Å². The Morgan fingerprint density at radius 3 is 2.50 bits per heavy atom. The molecule has 1 fully saturated rings. The summed E-state index contributed by atoms with van der Waals surface area (Å²) in [7, 11) is 1.87. The van der Waals surface area contributed by atoms with E-state index in [1.165, 1.54) is 0 Å². The molecule has 2 N–H and O–H groups in total. The molecule has 0 radical (unpaired) electrons. The fraction of sp³-hybridized carbons (Fsp3) is 0.917. The number of carbonyl (C=O) groups excluding carboxylic acids is 1. The van der Waals surface area contributed by atoms with Crippen LogP contribution in [0.3, 0.4) is 0 Å². The minimum absolute atomic E-state index is 0.0732. The van der Waals surface area contributed by atoms with E-state index in [9.17, 15) is 4.79 Å². The predicted octanol–water partition coefficient (Wildman–Crippen LogP) is 1.14. The Morgan fingerprint density at radius 2 is 2.06 bits per heavy atom. The third-order valence-corrected chi connectivity index (χ3v) is 3.48. The minimum atomic E-state index is -0.265. The Morgan fingerprint density at radius 1 is 1.44 bits per heavy atom. The lowest BCUT2D eigenvalue weighted by Crippen LogP contribution is -2.42. The van der Waals surface area contributed by atoms with Crippen LogP contribution in [0.15, 0.2) is 0 Å². The van der Waals surface area contributed by atoms with Gasteiger partial charge in [0, 0.05) is 19.6 Å². The van der Waals surface area contributed by atoms with E-state index >= 15 is 0 Å². The summed E-state index contributed by atoms with van der Waals surface area (Å²) in [4.78, 5) is 14.0. The van der Waals surface area contributed by atoms with Crippen LogP contribution >= 0.6 is 0 Å². The molecule has 0 saturated carbocycles. The van der Waals surface area contributed by atoms with Crippen LogP contribution in [0.25, 0.3) is 0 Å². The van der Waals surface area contributed by atoms with Crippen molar-refractivity contribution >= 4 is 5.91 Å². The van der Waals surface area contributed by atoms with E-state index in [2.05, 4.69) is 13.8 Å². The van der Waals surface area contributed by atoms with Gasteiger partial charge in [0.05, 0.1) is 6.10 Å². The number of hydrogen-bond acceptors (Lipinski definition) is 3. The van der Waals surface area contributed by atoms with E-state index in [4.69, 9.17) is 10.5 Å². The maximum Gasteiger partial charge on any atom is 0.251 e. The Kier molecular flexibility index (Phi) is 5.22. The van der Waals surface area contributed by atoms with E-state index in [1.54, 1.807) is 0 Å². The molecule has 0 aromatic rings. The zero-order valence-corrected chi connectivity index (χ0v) is 10.6. The molecule has 2 atom stereocenters. The highest BCUT2D eigenvalue weighted by Crippen LogP contribution is 2.21. The van der Waals surface area contributed by atoms with Crippen LogP contribution in [0.2, 0.25) is 0 Å². The molecule has 94 valence electrons. The summed E-state index contributed by atoms with van der Waals surface area (Å²) in [5.41, 5.74) is 5.53. The van der Waals surface area contributed by atoms with Gasteiger partial charge >= 0.3 is 0 Å². The summed E-state index contributed by atoms with van der Waals surface area (Å²) in [6.45, 7) is 4.73. The zero-order chi connectivity index (χ0) is 12.1. The van der Waals surface area contributed by atoms with E-state index in [-0.39, 0.29) is 18.1 Å². The van der Waals surface area contributed by atoms with Gasteiger partial charge in [0.1, 0.15) is 6.10 Å². The molecule has 0 spiro atoms. The molecule has 1 saturated heterocycles. The fourth-order valence-electron chi connectivity index (χ4n) is 2.30. The molecule has 0 bridgehead atoms. The van der Waals surface area contributed by atoms with Gasteiger partial charge in [-0.2, -0.15) is 0 Å². The molecule has 0 aromatic heterocycles. The largest absolute Gasteiger partial charge is 0.364 e. The molecule has 0 aliphatic carbocycles. The summed E-state index contributed by atoms with van der Waals surface area (Å²) in [6.07, 6.45) is 3.51. The van der Waals surface area contributed by atoms with Gasteiger partial charge in [-0.1, -0.05) is 13.8 Å². The van der Waals surface area contributed by atoms with E-state index < -0.39 is 0 Å². The minimum Gasteiger partial charge on any atom is -0.364 e. The second-order valence-corrected chi connectivity index (χ2v) is 4.48. The summed E-state index contributed by atoms with van der Waals surface area (Å²) in [5.74, 6) is 0.115. The van der Waals surface area contributed by atoms with Crippen molar-refractivity contribution in [1.29, 1.82) is 0 Å². The van der Waals surface area contributed by atoms with Gasteiger partial charge in [0.15, 0.2) is 0 Å². The molecule has 1 aliphatic heterocycles. The average molecular weight is 228 g/mol. The first-order valence-corrected chi connectivity index (χ1v) is 6.26. The first-order chi connectivity index (χ1) is 7.63. The molecule has 0 aromatic carbocycles. The number of ether oxygens (including phenoxy) is 1. The molecule has 2 unspecified atom stereocenters. The Bertz CT molecular complexity index is 229. The molecular formula is C12H24N2O2. The van der Waals surface area contributed by atoms with Crippen LogP contribution in [0, 0.1) is 0 Å². The average Bonchev–Trinajstić information content (AvgIpc) is 2.78. The van der Waals surface area contributed by atoms with Crippen molar-refractivity contribution in [1.82, 2.24) is 4.90 Å². The van der Waals surface area contributed by atoms with Crippen molar-refractivity contribution in [2.45, 2.75) is 57.8 Å². The topological polar surface area (TPSA) is 55.6 Å². The van der Waals surface area contributed by atoms with Crippen molar-refractivity contribution in [2.75, 3.05) is 13.6 Å². The highest BCUT2D eigenvalue weighted by molar-refractivity contribution is 5.81. The number of nitrogens with two attached hydrogens (primary N) is 1. The Labute approximate surface area is 98.1 Å². The molecule has 1 heterocycles. The molecule has 1 rings (SSSR count). The fourth-order valence-corrected chi connectivity index (χ4v) is 2.30. The number of likely N-dealkylation sites (N-methyl/N-ethyl adjacent to an activating group) is 1. The molecule has 1 aliphatic rings. The van der Waals surface area contributed by atoms with Crippen LogP contribution in [0.5, 0.6) is 0 Å². The summed E-state index contributed by atoms with van der Waals surface area (Å²) >= 11 is 0. The maximum absolute atomic E-state index is 12.1. The van der Waals surface area contributed by atoms with E-state index in [0.29, 0.717) is 12.6 Å². The first-order valence-electron chi connectivity index (χ1n) is 6.26. The number of rotatable bonds is 5. The third kappa shape index (κ3) is 2.95. The van der Waals surface area contributed by atoms with Crippen molar-refractivity contribution in [3.8, 4) is 0 Å². The summed E-state index contributed by atoms with van der Waals surface area (Å²) in [6, 6.07) is 0.327. The number of hydrogen-bond donors (Lipinski definition) is 1. The molecule has 4 heteroatoms. The molecular weight excluding hydrogens is 204 g/mol. The highest BCUT2D eigenvalue weighted by atomic mass is 16.5. The third-order valence-electron chi connectivity index (χ3n) is 3.48. The zero-order valence-electron chi connectivity index (χ0n) is 10.6. The summed E-state index contributed by atoms with van der Waals surface area (Å²) in [5, 5.41) is 0. The van der Waals surface area contributed by atoms with Crippen molar-refractivity contribution < 1.29 is 9.53 Å². The smallest absolute Gasteiger partial charge is 0.251 e. The van der Waals surface area contributed by atoms with Crippen LogP contribution in [0.4, 0.5) is 0 Å². The first kappa shape index (κ1) is 13.5. The van der Waals surface area contributed by atoms with Gasteiger partial charge in [0.25, 0.3) is 5.91 Å². The maximum atomic E-state index is 12.1. The van der Waals surface area contributed by atoms with Gasteiger partial charge < -0.3 is 15.4 Å². The standard InChI is InChI=1S/C12H24N2O2/c1-4-9(5-2)14(3)12(15)11-7-6-10(8-13)16-11/h9-11H,4-8,13H2,1-3H3. The second kappa shape index (κ2) is 6.21. The monoisotopic (exact) mass is 228 g/mol. The molecule has 1 amide bonds. The van der Waals surface area contributed by atoms with Gasteiger partial charge in [-0.15, -0.1) is 0 Å². The van der Waals surface area contributed by atoms with Crippen LogP contribution in [-0.2, 0) is 9.53 Å². The van der Waals surface area contributed by atoms with Crippen LogP contribution in [-0.4, -0.2) is 42.6 Å². The quantitative estimate of drug-likeness (QED) is 0.767. The van der Waals surface area contributed by atoms with Crippen molar-refractivity contribution in [3.63, 3.8) is 0 Å². The van der Waals surface area contributed by atoms with Gasteiger partial charge in [-0.3, -0.25) is 4.79 Å². The number of nitrogens with zero attached hydrogens (tertiary/aromatic N) is 1. The van der Waals surface area contributed by atoms with Crippen molar-refractivity contribution in [3.05, 3.63) is 0 Å². The molecule has 4 nitrogen and oxygen atoms in total. The Hall–Kier alpha value is -0.610. The summed E-state index contributed by atoms with van der Waals surface area (Å²) < 4.78 is 5.62. The van der Waals surface area contributed by atoms with Gasteiger partial charge in [-0.25, -0.2) is 0 Å². The molecule has 16 heavy (non-hydrogen) atoms. The second-order valence-electron chi connectivity index (χ2n) is 4.48. The van der Waals surface area contributed by atoms with Crippen LogP contribution in [0.1, 0.15) is 39.5 Å². The van der Waals surface area contributed by atoms with Crippen LogP contribution < -0.4 is 5.73 Å². The predicted molar refractivity (Wildman–Crippen MR) is 64.1 cm³/mol. The Balaban J connectivity index is 2.51. The van der Waals surface area contributed by atoms with E-state index in [1.807, 2.05) is 11.9 Å². The highest BCUT2D eigenvalue weighted by Gasteiger charge is 2.33. The van der Waals surface area contributed by atoms with E-state index in [0.717, 1.165) is 25.7 Å². The lowest BCUT2D eigenvalue weighted by Gasteiger charge is -2.28. The van der Waals surface area contributed by atoms with Crippen molar-refractivity contribution in [2.24, 2.45) is 5.73 Å².